The quantitative estimate of drug-likeness (QED) is 0.726. The van der Waals surface area contributed by atoms with Crippen LogP contribution in [0.4, 0.5) is 0 Å². The maximum atomic E-state index is 5.88. The molecule has 3 nitrogen and oxygen atoms in total. The van der Waals surface area contributed by atoms with Crippen LogP contribution in [0, 0.1) is 0 Å². The lowest BCUT2D eigenvalue weighted by Crippen LogP contribution is -2.09. The number of hydrogen-bond donors (Lipinski definition) is 1. The van der Waals surface area contributed by atoms with E-state index in [0.29, 0.717) is 12.5 Å². The summed E-state index contributed by atoms with van der Waals surface area (Å²) in [4.78, 5) is 4.14. The van der Waals surface area contributed by atoms with Crippen LogP contribution in [0.3, 0.4) is 0 Å². The van der Waals surface area contributed by atoms with Crippen molar-refractivity contribution in [2.75, 3.05) is 6.61 Å². The van der Waals surface area contributed by atoms with Crippen LogP contribution >= 0.6 is 0 Å². The molecule has 2 N–H and O–H groups in total. The van der Waals surface area contributed by atoms with Gasteiger partial charge in [0.1, 0.15) is 0 Å². The summed E-state index contributed by atoms with van der Waals surface area (Å²) >= 11 is 0. The van der Waals surface area contributed by atoms with Crippen LogP contribution in [0.25, 0.3) is 0 Å². The van der Waals surface area contributed by atoms with Crippen LogP contribution in [-0.2, 0) is 0 Å². The van der Waals surface area contributed by atoms with Crippen LogP contribution in [0.5, 0.6) is 5.88 Å². The van der Waals surface area contributed by atoms with E-state index in [1.807, 2.05) is 19.1 Å². The van der Waals surface area contributed by atoms with E-state index >= 15 is 0 Å². The molecule has 1 atom stereocenters. The fraction of sp³-hybridized carbons (Fsp3) is 0.364. The third-order valence-corrected chi connectivity index (χ3v) is 1.90. The molecule has 1 aromatic heterocycles. The molecule has 0 spiro atoms. The maximum Gasteiger partial charge on any atom is 0.213 e. The smallest absolute Gasteiger partial charge is 0.213 e. The zero-order chi connectivity index (χ0) is 10.4. The molecule has 0 amide bonds. The molecule has 0 bridgehead atoms. The van der Waals surface area contributed by atoms with Gasteiger partial charge in [0.15, 0.2) is 0 Å². The van der Waals surface area contributed by atoms with Gasteiger partial charge in [0.05, 0.1) is 6.61 Å². The highest BCUT2D eigenvalue weighted by Crippen LogP contribution is 2.15. The summed E-state index contributed by atoms with van der Waals surface area (Å²) in [5, 5.41) is 0. The van der Waals surface area contributed by atoms with Crippen molar-refractivity contribution in [2.45, 2.75) is 19.4 Å². The van der Waals surface area contributed by atoms with Crippen LogP contribution < -0.4 is 10.5 Å². The Balaban J connectivity index is 2.67. The van der Waals surface area contributed by atoms with Crippen molar-refractivity contribution in [3.05, 3.63) is 36.5 Å². The van der Waals surface area contributed by atoms with Crippen LogP contribution in [-0.4, -0.2) is 11.6 Å². The van der Waals surface area contributed by atoms with Gasteiger partial charge in [-0.3, -0.25) is 0 Å². The Bertz CT molecular complexity index is 282. The highest BCUT2D eigenvalue weighted by atomic mass is 16.5. The van der Waals surface area contributed by atoms with Crippen LogP contribution in [0.15, 0.2) is 31.0 Å². The summed E-state index contributed by atoms with van der Waals surface area (Å²) < 4.78 is 5.23. The molecule has 0 saturated carbocycles. The maximum absolute atomic E-state index is 5.88. The van der Waals surface area contributed by atoms with E-state index in [-0.39, 0.29) is 6.04 Å². The summed E-state index contributed by atoms with van der Waals surface area (Å²) in [6.07, 6.45) is 4.32. The fourth-order valence-electron chi connectivity index (χ4n) is 1.16. The zero-order valence-electron chi connectivity index (χ0n) is 8.44. The molecule has 0 aliphatic carbocycles. The average molecular weight is 192 g/mol. The first-order chi connectivity index (χ1) is 6.77. The first kappa shape index (κ1) is 10.7. The lowest BCUT2D eigenvalue weighted by atomic mass is 10.1. The van der Waals surface area contributed by atoms with Gasteiger partial charge >= 0.3 is 0 Å². The molecule has 0 fully saturated rings. The van der Waals surface area contributed by atoms with Crippen molar-refractivity contribution >= 4 is 0 Å². The molecular formula is C11H16N2O. The Morgan fingerprint density at radius 1 is 1.64 bits per heavy atom. The second-order valence-corrected chi connectivity index (χ2v) is 2.99. The molecule has 0 saturated heterocycles. The van der Waals surface area contributed by atoms with Crippen molar-refractivity contribution in [3.63, 3.8) is 0 Å². The minimum atomic E-state index is -0.0179. The first-order valence-electron chi connectivity index (χ1n) is 4.73. The molecule has 0 aliphatic rings. The third kappa shape index (κ3) is 2.85. The monoisotopic (exact) mass is 192 g/mol. The lowest BCUT2D eigenvalue weighted by Gasteiger charge is -2.09. The number of hydrogen-bond acceptors (Lipinski definition) is 3. The number of rotatable bonds is 5. The SMILES string of the molecule is C=CCC(N)c1ccc(OCC)nc1. The molecule has 1 aromatic rings. The summed E-state index contributed by atoms with van der Waals surface area (Å²) in [7, 11) is 0. The zero-order valence-corrected chi connectivity index (χ0v) is 8.44. The topological polar surface area (TPSA) is 48.1 Å². The molecule has 0 radical (unpaired) electrons. The van der Waals surface area contributed by atoms with Crippen molar-refractivity contribution in [3.8, 4) is 5.88 Å². The number of aromatic nitrogens is 1. The van der Waals surface area contributed by atoms with Crippen molar-refractivity contribution in [2.24, 2.45) is 5.73 Å². The van der Waals surface area contributed by atoms with E-state index in [1.54, 1.807) is 12.3 Å². The number of pyridine rings is 1. The average Bonchev–Trinajstić information content (AvgIpc) is 2.20. The summed E-state index contributed by atoms with van der Waals surface area (Å²) in [6, 6.07) is 3.75. The second kappa shape index (κ2) is 5.40. The minimum Gasteiger partial charge on any atom is -0.478 e. The van der Waals surface area contributed by atoms with E-state index in [0.717, 1.165) is 12.0 Å². The third-order valence-electron chi connectivity index (χ3n) is 1.90. The molecule has 0 aromatic carbocycles. The predicted molar refractivity (Wildman–Crippen MR) is 57.1 cm³/mol. The van der Waals surface area contributed by atoms with Crippen LogP contribution in [0.2, 0.25) is 0 Å². The van der Waals surface area contributed by atoms with Gasteiger partial charge in [0.25, 0.3) is 0 Å². The Kier molecular flexibility index (Phi) is 4.13. The lowest BCUT2D eigenvalue weighted by molar-refractivity contribution is 0.326. The standard InChI is InChI=1S/C11H16N2O/c1-3-5-10(12)9-6-7-11(13-8-9)14-4-2/h3,6-8,10H,1,4-5,12H2,2H3. The highest BCUT2D eigenvalue weighted by Gasteiger charge is 2.04. The summed E-state index contributed by atoms with van der Waals surface area (Å²) in [6.45, 7) is 6.21. The molecule has 1 unspecified atom stereocenters. The summed E-state index contributed by atoms with van der Waals surface area (Å²) in [5.74, 6) is 0.641. The fourth-order valence-corrected chi connectivity index (χ4v) is 1.16. The van der Waals surface area contributed by atoms with Gasteiger partial charge in [-0.25, -0.2) is 4.98 Å². The van der Waals surface area contributed by atoms with Crippen molar-refractivity contribution < 1.29 is 4.74 Å². The number of ether oxygens (including phenoxy) is 1. The Labute approximate surface area is 84.6 Å². The van der Waals surface area contributed by atoms with Crippen molar-refractivity contribution in [1.82, 2.24) is 4.98 Å². The molecule has 1 heterocycles. The Hall–Kier alpha value is -1.35. The number of nitrogens with zero attached hydrogens (tertiary/aromatic N) is 1. The van der Waals surface area contributed by atoms with Gasteiger partial charge in [-0.1, -0.05) is 12.1 Å². The largest absolute Gasteiger partial charge is 0.478 e. The van der Waals surface area contributed by atoms with Gasteiger partial charge in [-0.2, -0.15) is 0 Å². The molecule has 0 aliphatic heterocycles. The minimum absolute atomic E-state index is 0.0179. The summed E-state index contributed by atoms with van der Waals surface area (Å²) in [5.41, 5.74) is 6.89. The van der Waals surface area contributed by atoms with Gasteiger partial charge < -0.3 is 10.5 Å². The molecule has 76 valence electrons. The highest BCUT2D eigenvalue weighted by molar-refractivity contribution is 5.20. The molecule has 14 heavy (non-hydrogen) atoms. The van der Waals surface area contributed by atoms with Gasteiger partial charge in [-0.15, -0.1) is 6.58 Å². The normalized spacial score (nSPS) is 12.1. The number of nitrogens with two attached hydrogens (primary N) is 1. The second-order valence-electron chi connectivity index (χ2n) is 2.99. The van der Waals surface area contributed by atoms with Gasteiger partial charge in [-0.05, 0) is 18.9 Å². The van der Waals surface area contributed by atoms with E-state index in [1.165, 1.54) is 0 Å². The van der Waals surface area contributed by atoms with Crippen LogP contribution in [0.1, 0.15) is 24.9 Å². The molecule has 3 heteroatoms. The van der Waals surface area contributed by atoms with Gasteiger partial charge in [0, 0.05) is 18.3 Å². The first-order valence-corrected chi connectivity index (χ1v) is 4.73. The van der Waals surface area contributed by atoms with E-state index in [2.05, 4.69) is 11.6 Å². The van der Waals surface area contributed by atoms with E-state index in [9.17, 15) is 0 Å². The van der Waals surface area contributed by atoms with Crippen molar-refractivity contribution in [1.29, 1.82) is 0 Å². The Morgan fingerprint density at radius 2 is 2.43 bits per heavy atom. The molecular weight excluding hydrogens is 176 g/mol. The van der Waals surface area contributed by atoms with Gasteiger partial charge in [0.2, 0.25) is 5.88 Å². The van der Waals surface area contributed by atoms with E-state index in [4.69, 9.17) is 10.5 Å². The molecule has 1 rings (SSSR count). The Morgan fingerprint density at radius 3 is 2.93 bits per heavy atom. The predicted octanol–water partition coefficient (Wildman–Crippen LogP) is 2.06. The van der Waals surface area contributed by atoms with E-state index < -0.39 is 0 Å².